The van der Waals surface area contributed by atoms with Crippen molar-refractivity contribution in [2.24, 2.45) is 0 Å². The number of hydrogen-bond acceptors (Lipinski definition) is 6. The van der Waals surface area contributed by atoms with E-state index < -0.39 is 40.2 Å². The molecule has 2 amide bonds. The highest BCUT2D eigenvalue weighted by Gasteiger charge is 2.35. The van der Waals surface area contributed by atoms with Gasteiger partial charge in [-0.1, -0.05) is 66.2 Å². The molecule has 11 heteroatoms. The molecule has 0 heterocycles. The summed E-state index contributed by atoms with van der Waals surface area (Å²) in [5.41, 5.74) is 2.06. The maximum absolute atomic E-state index is 14.9. The molecular weight excluding hydrogens is 597 g/mol. The number of rotatable bonds is 13. The molecule has 236 valence electrons. The van der Waals surface area contributed by atoms with Crippen molar-refractivity contribution in [3.8, 4) is 11.5 Å². The first-order chi connectivity index (χ1) is 21.6. The van der Waals surface area contributed by atoms with Crippen LogP contribution in [0.25, 0.3) is 0 Å². The monoisotopic (exact) mass is 633 g/mol. The number of benzene rings is 4. The summed E-state index contributed by atoms with van der Waals surface area (Å²) in [7, 11) is -0.0914. The molecule has 1 N–H and O–H groups in total. The van der Waals surface area contributed by atoms with Gasteiger partial charge in [0.25, 0.3) is 10.0 Å². The number of carbonyl (C=O) groups excluding carboxylic acids is 2. The molecule has 4 aromatic rings. The number of aryl methyl sites for hydroxylation is 1. The Kier molecular flexibility index (Phi) is 10.8. The summed E-state index contributed by atoms with van der Waals surface area (Å²) in [6.45, 7) is 0.917. The third-order valence-corrected chi connectivity index (χ3v) is 9.13. The van der Waals surface area contributed by atoms with Gasteiger partial charge < -0.3 is 19.7 Å². The normalized spacial score (nSPS) is 11.8. The number of halogens is 1. The average molecular weight is 634 g/mol. The second-order valence-electron chi connectivity index (χ2n) is 10.3. The van der Waals surface area contributed by atoms with Crippen LogP contribution in [0.3, 0.4) is 0 Å². The van der Waals surface area contributed by atoms with E-state index in [2.05, 4.69) is 5.32 Å². The summed E-state index contributed by atoms with van der Waals surface area (Å²) in [5, 5.41) is 2.61. The van der Waals surface area contributed by atoms with Gasteiger partial charge >= 0.3 is 0 Å². The van der Waals surface area contributed by atoms with Gasteiger partial charge in [-0.2, -0.15) is 0 Å². The van der Waals surface area contributed by atoms with Crippen LogP contribution in [0.15, 0.2) is 102 Å². The molecule has 45 heavy (non-hydrogen) atoms. The Labute approximate surface area is 263 Å². The van der Waals surface area contributed by atoms with E-state index in [0.717, 1.165) is 15.4 Å². The van der Waals surface area contributed by atoms with Crippen LogP contribution in [0.4, 0.5) is 10.1 Å². The van der Waals surface area contributed by atoms with Gasteiger partial charge in [-0.15, -0.1) is 0 Å². The third-order valence-electron chi connectivity index (χ3n) is 7.36. The van der Waals surface area contributed by atoms with Crippen LogP contribution in [0.1, 0.15) is 16.7 Å². The number of methoxy groups -OCH3 is 2. The van der Waals surface area contributed by atoms with Crippen LogP contribution in [0.2, 0.25) is 0 Å². The SMILES string of the molecule is CNC(=O)[C@@H](Cc1ccccc1)N(Cc1ccccc1F)C(=O)CN(c1ccc(C)cc1)S(=O)(=O)c1ccc(OC)c(OC)c1. The van der Waals surface area contributed by atoms with Gasteiger partial charge in [-0.25, -0.2) is 12.8 Å². The van der Waals surface area contributed by atoms with Crippen molar-refractivity contribution >= 4 is 27.5 Å². The van der Waals surface area contributed by atoms with Crippen molar-refractivity contribution in [2.75, 3.05) is 32.1 Å². The number of hydrogen-bond donors (Lipinski definition) is 1. The molecule has 1 atom stereocenters. The predicted octanol–water partition coefficient (Wildman–Crippen LogP) is 4.73. The van der Waals surface area contributed by atoms with E-state index in [-0.39, 0.29) is 34.9 Å². The van der Waals surface area contributed by atoms with Crippen LogP contribution < -0.4 is 19.1 Å². The Hall–Kier alpha value is -4.90. The fourth-order valence-corrected chi connectivity index (χ4v) is 6.30. The number of nitrogens with zero attached hydrogens (tertiary/aromatic N) is 2. The lowest BCUT2D eigenvalue weighted by molar-refractivity contribution is -0.139. The standard InChI is InChI=1S/C34H36FN3O6S/c1-24-14-16-27(17-15-24)38(45(41,42)28-18-19-31(43-3)32(21-28)44-4)23-33(39)37(22-26-12-8-9-13-29(26)35)30(34(40)36-2)20-25-10-6-5-7-11-25/h5-19,21,30H,20,22-23H2,1-4H3,(H,36,40)/t30-/m1/s1. The number of sulfonamides is 1. The lowest BCUT2D eigenvalue weighted by Gasteiger charge is -2.33. The minimum Gasteiger partial charge on any atom is -0.493 e. The summed E-state index contributed by atoms with van der Waals surface area (Å²) in [6, 6.07) is 24.8. The largest absolute Gasteiger partial charge is 0.493 e. The molecule has 0 aliphatic rings. The van der Waals surface area contributed by atoms with Crippen LogP contribution in [0.5, 0.6) is 11.5 Å². The summed E-state index contributed by atoms with van der Waals surface area (Å²) >= 11 is 0. The fraction of sp³-hybridized carbons (Fsp3) is 0.235. The summed E-state index contributed by atoms with van der Waals surface area (Å²) in [6.07, 6.45) is 0.119. The predicted molar refractivity (Wildman–Crippen MR) is 170 cm³/mol. The van der Waals surface area contributed by atoms with E-state index in [1.54, 1.807) is 30.3 Å². The Morgan fingerprint density at radius 3 is 2.13 bits per heavy atom. The number of nitrogens with one attached hydrogen (secondary N) is 1. The summed E-state index contributed by atoms with van der Waals surface area (Å²) in [4.78, 5) is 28.8. The third kappa shape index (κ3) is 7.79. The topological polar surface area (TPSA) is 105 Å². The number of likely N-dealkylation sites (N-methyl/N-ethyl adjacent to an activating group) is 1. The highest BCUT2D eigenvalue weighted by molar-refractivity contribution is 7.92. The van der Waals surface area contributed by atoms with Crippen molar-refractivity contribution < 1.29 is 31.9 Å². The lowest BCUT2D eigenvalue weighted by Crippen LogP contribution is -2.53. The molecule has 0 spiro atoms. The first kappa shape index (κ1) is 33.0. The van der Waals surface area contributed by atoms with Crippen LogP contribution >= 0.6 is 0 Å². The average Bonchev–Trinajstić information content (AvgIpc) is 3.06. The number of anilines is 1. The quantitative estimate of drug-likeness (QED) is 0.228. The Morgan fingerprint density at radius 2 is 1.51 bits per heavy atom. The lowest BCUT2D eigenvalue weighted by atomic mass is 10.0. The summed E-state index contributed by atoms with van der Waals surface area (Å²) < 4.78 is 55.0. The van der Waals surface area contributed by atoms with E-state index in [9.17, 15) is 22.4 Å². The van der Waals surface area contributed by atoms with Gasteiger partial charge in [-0.05, 0) is 42.8 Å². The maximum atomic E-state index is 14.9. The molecule has 0 radical (unpaired) electrons. The van der Waals surface area contributed by atoms with E-state index >= 15 is 0 Å². The Balaban J connectivity index is 1.81. The molecule has 0 saturated carbocycles. The van der Waals surface area contributed by atoms with Gasteiger partial charge in [0, 0.05) is 31.6 Å². The zero-order valence-corrected chi connectivity index (χ0v) is 26.4. The number of amides is 2. The zero-order valence-electron chi connectivity index (χ0n) is 25.6. The van der Waals surface area contributed by atoms with Crippen LogP contribution in [-0.4, -0.2) is 59.0 Å². The molecule has 0 aliphatic carbocycles. The molecule has 0 aliphatic heterocycles. The molecule has 9 nitrogen and oxygen atoms in total. The number of carbonyl (C=O) groups is 2. The molecule has 0 fully saturated rings. The van der Waals surface area contributed by atoms with E-state index in [1.807, 2.05) is 37.3 Å². The molecule has 0 aromatic heterocycles. The summed E-state index contributed by atoms with van der Waals surface area (Å²) in [5.74, 6) is -1.21. The van der Waals surface area contributed by atoms with Crippen molar-refractivity contribution in [1.82, 2.24) is 10.2 Å². The van der Waals surface area contributed by atoms with Crippen molar-refractivity contribution in [2.45, 2.75) is 30.8 Å². The highest BCUT2D eigenvalue weighted by atomic mass is 32.2. The molecule has 0 bridgehead atoms. The second kappa shape index (κ2) is 14.7. The van der Waals surface area contributed by atoms with Crippen molar-refractivity contribution in [3.05, 3.63) is 120 Å². The van der Waals surface area contributed by atoms with Gasteiger partial charge in [0.2, 0.25) is 11.8 Å². The fourth-order valence-electron chi connectivity index (χ4n) is 4.87. The van der Waals surface area contributed by atoms with E-state index in [1.165, 1.54) is 62.6 Å². The second-order valence-corrected chi connectivity index (χ2v) is 12.2. The molecule has 0 unspecified atom stereocenters. The minimum absolute atomic E-state index is 0.119. The van der Waals surface area contributed by atoms with Gasteiger partial charge in [-0.3, -0.25) is 13.9 Å². The molecule has 4 rings (SSSR count). The van der Waals surface area contributed by atoms with Crippen LogP contribution in [-0.2, 0) is 32.6 Å². The smallest absolute Gasteiger partial charge is 0.264 e. The first-order valence-corrected chi connectivity index (χ1v) is 15.6. The highest BCUT2D eigenvalue weighted by Crippen LogP contribution is 2.32. The Bertz CT molecular complexity index is 1730. The van der Waals surface area contributed by atoms with E-state index in [4.69, 9.17) is 9.47 Å². The van der Waals surface area contributed by atoms with Crippen molar-refractivity contribution in [1.29, 1.82) is 0 Å². The first-order valence-electron chi connectivity index (χ1n) is 14.2. The minimum atomic E-state index is -4.37. The van der Waals surface area contributed by atoms with Crippen molar-refractivity contribution in [3.63, 3.8) is 0 Å². The number of ether oxygens (including phenoxy) is 2. The van der Waals surface area contributed by atoms with Gasteiger partial charge in [0.15, 0.2) is 11.5 Å². The van der Waals surface area contributed by atoms with Gasteiger partial charge in [0.05, 0.1) is 24.8 Å². The maximum Gasteiger partial charge on any atom is 0.264 e. The van der Waals surface area contributed by atoms with E-state index in [0.29, 0.717) is 5.75 Å². The molecular formula is C34H36FN3O6S. The van der Waals surface area contributed by atoms with Gasteiger partial charge in [0.1, 0.15) is 18.4 Å². The molecule has 0 saturated heterocycles. The zero-order chi connectivity index (χ0) is 32.6. The van der Waals surface area contributed by atoms with Crippen LogP contribution in [0, 0.1) is 12.7 Å². The molecule has 4 aromatic carbocycles. The Morgan fingerprint density at radius 1 is 0.867 bits per heavy atom.